The summed E-state index contributed by atoms with van der Waals surface area (Å²) in [7, 11) is 5.75. The molecule has 23 heavy (non-hydrogen) atoms. The molecule has 2 heterocycles. The van der Waals surface area contributed by atoms with Gasteiger partial charge in [-0.3, -0.25) is 0 Å². The number of pyridine rings is 1. The highest BCUT2D eigenvalue weighted by Gasteiger charge is 2.17. The largest absolute Gasteiger partial charge is 0.481 e. The molecule has 0 spiro atoms. The lowest BCUT2D eigenvalue weighted by atomic mass is 10.1. The topological polar surface area (TPSA) is 40.6 Å². The van der Waals surface area contributed by atoms with Crippen LogP contribution in [0.25, 0.3) is 11.3 Å². The number of nitrogens with zero attached hydrogens (tertiary/aromatic N) is 3. The third kappa shape index (κ3) is 3.40. The lowest BCUT2D eigenvalue weighted by Crippen LogP contribution is -2.43. The van der Waals surface area contributed by atoms with Crippen molar-refractivity contribution in [1.82, 2.24) is 10.3 Å². The zero-order valence-corrected chi connectivity index (χ0v) is 14.0. The summed E-state index contributed by atoms with van der Waals surface area (Å²) in [4.78, 5) is 9.20. The van der Waals surface area contributed by atoms with Crippen LogP contribution in [-0.4, -0.2) is 52.4 Å². The molecule has 122 valence electrons. The number of anilines is 2. The van der Waals surface area contributed by atoms with Crippen molar-refractivity contribution in [2.24, 2.45) is 0 Å². The summed E-state index contributed by atoms with van der Waals surface area (Å²) in [6, 6.07) is 12.6. The van der Waals surface area contributed by atoms with Crippen LogP contribution in [0.3, 0.4) is 0 Å². The van der Waals surface area contributed by atoms with E-state index in [1.165, 1.54) is 11.4 Å². The molecule has 0 bridgehead atoms. The highest BCUT2D eigenvalue weighted by molar-refractivity contribution is 5.77. The Hall–Kier alpha value is -2.27. The van der Waals surface area contributed by atoms with Crippen molar-refractivity contribution in [2.45, 2.75) is 0 Å². The van der Waals surface area contributed by atoms with Crippen molar-refractivity contribution in [2.75, 3.05) is 57.2 Å². The van der Waals surface area contributed by atoms with E-state index in [0.29, 0.717) is 5.88 Å². The van der Waals surface area contributed by atoms with Gasteiger partial charge in [0.25, 0.3) is 0 Å². The van der Waals surface area contributed by atoms with Gasteiger partial charge in [-0.25, -0.2) is 4.98 Å². The van der Waals surface area contributed by atoms with Gasteiger partial charge < -0.3 is 19.9 Å². The normalized spacial score (nSPS) is 14.7. The van der Waals surface area contributed by atoms with E-state index in [1.54, 1.807) is 7.11 Å². The molecule has 0 unspecified atom stereocenters. The monoisotopic (exact) mass is 312 g/mol. The quantitative estimate of drug-likeness (QED) is 0.937. The predicted octanol–water partition coefficient (Wildman–Crippen LogP) is 2.23. The molecule has 0 amide bonds. The summed E-state index contributed by atoms with van der Waals surface area (Å²) >= 11 is 0. The Labute approximate surface area is 137 Å². The molecule has 0 aliphatic carbocycles. The number of hydrogen-bond donors (Lipinski definition) is 1. The Balaban J connectivity index is 2.00. The molecule has 1 N–H and O–H groups in total. The number of rotatable bonds is 4. The van der Waals surface area contributed by atoms with Gasteiger partial charge in [0, 0.05) is 57.6 Å². The van der Waals surface area contributed by atoms with Gasteiger partial charge in [0.1, 0.15) is 0 Å². The zero-order chi connectivity index (χ0) is 16.2. The van der Waals surface area contributed by atoms with Crippen LogP contribution in [0, 0.1) is 0 Å². The number of aromatic nitrogens is 1. The van der Waals surface area contributed by atoms with Crippen LogP contribution in [0.5, 0.6) is 5.88 Å². The first-order valence-electron chi connectivity index (χ1n) is 7.97. The fourth-order valence-electron chi connectivity index (χ4n) is 2.84. The third-order valence-corrected chi connectivity index (χ3v) is 4.17. The number of hydrogen-bond acceptors (Lipinski definition) is 5. The molecule has 3 rings (SSSR count). The Morgan fingerprint density at radius 3 is 2.35 bits per heavy atom. The standard InChI is InChI=1S/C18H24N4O/c1-21(2)15-6-4-14(5-7-15)18-16(8-9-17(20-18)23-3)22-12-10-19-11-13-22/h4-9,19H,10-13H2,1-3H3. The van der Waals surface area contributed by atoms with Crippen molar-refractivity contribution in [1.29, 1.82) is 0 Å². The summed E-state index contributed by atoms with van der Waals surface area (Å²) in [5, 5.41) is 3.39. The molecule has 2 aromatic rings. The van der Waals surface area contributed by atoms with Crippen molar-refractivity contribution in [3.63, 3.8) is 0 Å². The van der Waals surface area contributed by atoms with E-state index in [1.807, 2.05) is 20.2 Å². The summed E-state index contributed by atoms with van der Waals surface area (Å²) in [6.45, 7) is 4.00. The van der Waals surface area contributed by atoms with Crippen molar-refractivity contribution < 1.29 is 4.74 Å². The van der Waals surface area contributed by atoms with Gasteiger partial charge in [-0.1, -0.05) is 12.1 Å². The highest BCUT2D eigenvalue weighted by atomic mass is 16.5. The predicted molar refractivity (Wildman–Crippen MR) is 95.6 cm³/mol. The van der Waals surface area contributed by atoms with Crippen molar-refractivity contribution in [3.8, 4) is 17.1 Å². The summed E-state index contributed by atoms with van der Waals surface area (Å²) in [6.07, 6.45) is 0. The van der Waals surface area contributed by atoms with Crippen LogP contribution in [0.2, 0.25) is 0 Å². The maximum absolute atomic E-state index is 5.33. The molecule has 1 saturated heterocycles. The van der Waals surface area contributed by atoms with E-state index in [2.05, 4.69) is 45.4 Å². The van der Waals surface area contributed by atoms with Crippen molar-refractivity contribution >= 4 is 11.4 Å². The summed E-state index contributed by atoms with van der Waals surface area (Å²) in [5.41, 5.74) is 4.45. The van der Waals surface area contributed by atoms with Crippen LogP contribution < -0.4 is 19.9 Å². The van der Waals surface area contributed by atoms with Crippen LogP contribution in [-0.2, 0) is 0 Å². The number of methoxy groups -OCH3 is 1. The van der Waals surface area contributed by atoms with Gasteiger partial charge in [0.15, 0.2) is 0 Å². The molecule has 0 saturated carbocycles. The number of nitrogens with one attached hydrogen (secondary N) is 1. The Morgan fingerprint density at radius 2 is 1.74 bits per heavy atom. The van der Waals surface area contributed by atoms with Gasteiger partial charge in [-0.15, -0.1) is 0 Å². The zero-order valence-electron chi connectivity index (χ0n) is 14.0. The molecule has 0 atom stereocenters. The van der Waals surface area contributed by atoms with Crippen molar-refractivity contribution in [3.05, 3.63) is 36.4 Å². The maximum atomic E-state index is 5.33. The average Bonchev–Trinajstić information content (AvgIpc) is 2.62. The van der Waals surface area contributed by atoms with E-state index < -0.39 is 0 Å². The molecule has 1 aromatic carbocycles. The van der Waals surface area contributed by atoms with Gasteiger partial charge in [-0.05, 0) is 18.2 Å². The SMILES string of the molecule is COc1ccc(N2CCNCC2)c(-c2ccc(N(C)C)cc2)n1. The minimum absolute atomic E-state index is 0.649. The fraction of sp³-hybridized carbons (Fsp3) is 0.389. The van der Waals surface area contributed by atoms with Gasteiger partial charge in [0.05, 0.1) is 18.5 Å². The first kappa shape index (κ1) is 15.6. The van der Waals surface area contributed by atoms with Gasteiger partial charge in [-0.2, -0.15) is 0 Å². The fourth-order valence-corrected chi connectivity index (χ4v) is 2.84. The molecule has 1 fully saturated rings. The molecule has 5 heteroatoms. The van der Waals surface area contributed by atoms with Crippen LogP contribution in [0.15, 0.2) is 36.4 Å². The maximum Gasteiger partial charge on any atom is 0.213 e. The Morgan fingerprint density at radius 1 is 1.04 bits per heavy atom. The molecule has 1 aliphatic heterocycles. The molecule has 5 nitrogen and oxygen atoms in total. The highest BCUT2D eigenvalue weighted by Crippen LogP contribution is 2.32. The number of piperazine rings is 1. The third-order valence-electron chi connectivity index (χ3n) is 4.17. The van der Waals surface area contributed by atoms with E-state index in [0.717, 1.165) is 37.4 Å². The van der Waals surface area contributed by atoms with E-state index in [4.69, 9.17) is 9.72 Å². The van der Waals surface area contributed by atoms with Gasteiger partial charge >= 0.3 is 0 Å². The molecular formula is C18H24N4O. The Bertz CT molecular complexity index is 649. The minimum Gasteiger partial charge on any atom is -0.481 e. The summed E-state index contributed by atoms with van der Waals surface area (Å²) < 4.78 is 5.33. The summed E-state index contributed by atoms with van der Waals surface area (Å²) in [5.74, 6) is 0.649. The van der Waals surface area contributed by atoms with Crippen LogP contribution in [0.1, 0.15) is 0 Å². The minimum atomic E-state index is 0.649. The van der Waals surface area contributed by atoms with Crippen LogP contribution >= 0.6 is 0 Å². The number of benzene rings is 1. The second-order valence-corrected chi connectivity index (χ2v) is 5.90. The van der Waals surface area contributed by atoms with E-state index in [-0.39, 0.29) is 0 Å². The Kier molecular flexibility index (Phi) is 4.67. The number of ether oxygens (including phenoxy) is 1. The van der Waals surface area contributed by atoms with E-state index in [9.17, 15) is 0 Å². The molecule has 0 radical (unpaired) electrons. The van der Waals surface area contributed by atoms with Gasteiger partial charge in [0.2, 0.25) is 5.88 Å². The molecule has 1 aromatic heterocycles. The second kappa shape index (κ2) is 6.87. The molecule has 1 aliphatic rings. The van der Waals surface area contributed by atoms with Crippen LogP contribution in [0.4, 0.5) is 11.4 Å². The van der Waals surface area contributed by atoms with E-state index >= 15 is 0 Å². The molecular weight excluding hydrogens is 288 g/mol. The second-order valence-electron chi connectivity index (χ2n) is 5.90. The average molecular weight is 312 g/mol. The lowest BCUT2D eigenvalue weighted by molar-refractivity contribution is 0.398. The first-order valence-corrected chi connectivity index (χ1v) is 7.97. The first-order chi connectivity index (χ1) is 11.2. The smallest absolute Gasteiger partial charge is 0.213 e. The lowest BCUT2D eigenvalue weighted by Gasteiger charge is -2.31.